The second-order valence-electron chi connectivity index (χ2n) is 3.97. The van der Waals surface area contributed by atoms with E-state index < -0.39 is 5.97 Å². The molecule has 0 radical (unpaired) electrons. The van der Waals surface area contributed by atoms with Crippen molar-refractivity contribution in [1.82, 2.24) is 0 Å². The van der Waals surface area contributed by atoms with E-state index in [9.17, 15) is 4.79 Å². The average Bonchev–Trinajstić information content (AvgIpc) is 2.35. The molecule has 82 valence electrons. The lowest BCUT2D eigenvalue weighted by atomic mass is 9.84. The fourth-order valence-corrected chi connectivity index (χ4v) is 2.03. The first-order valence-electron chi connectivity index (χ1n) is 5.46. The minimum atomic E-state index is -0.446. The lowest BCUT2D eigenvalue weighted by molar-refractivity contribution is -0.133. The molecule has 2 rings (SSSR count). The maximum Gasteiger partial charge on any atom is 0.384 e. The fraction of sp³-hybridized carbons (Fsp3) is 0.357. The third kappa shape index (κ3) is 2.43. The molecule has 0 heterocycles. The zero-order chi connectivity index (χ0) is 11.4. The predicted molar refractivity (Wildman–Crippen MR) is 61.7 cm³/mol. The van der Waals surface area contributed by atoms with E-state index in [-0.39, 0.29) is 5.92 Å². The fourth-order valence-electron chi connectivity index (χ4n) is 2.03. The highest BCUT2D eigenvalue weighted by Gasteiger charge is 2.16. The number of aryl methyl sites for hydroxylation is 1. The largest absolute Gasteiger partial charge is 0.459 e. The smallest absolute Gasteiger partial charge is 0.384 e. The Morgan fingerprint density at radius 3 is 2.88 bits per heavy atom. The number of fused-ring (bicyclic) bond motifs is 1. The van der Waals surface area contributed by atoms with Crippen LogP contribution in [0.5, 0.6) is 0 Å². The Hall–Kier alpha value is -1.75. The number of hydrogen-bond acceptors (Lipinski definition) is 2. The van der Waals surface area contributed by atoms with Crippen molar-refractivity contribution < 1.29 is 9.53 Å². The van der Waals surface area contributed by atoms with Crippen molar-refractivity contribution in [3.63, 3.8) is 0 Å². The van der Waals surface area contributed by atoms with Gasteiger partial charge in [0.05, 0.1) is 7.11 Å². The van der Waals surface area contributed by atoms with Gasteiger partial charge >= 0.3 is 5.97 Å². The van der Waals surface area contributed by atoms with Gasteiger partial charge < -0.3 is 4.74 Å². The van der Waals surface area contributed by atoms with Gasteiger partial charge in [0.1, 0.15) is 0 Å². The monoisotopic (exact) mass is 214 g/mol. The predicted octanol–water partition coefficient (Wildman–Crippen LogP) is 1.97. The number of esters is 1. The number of methoxy groups -OCH3 is 1. The first-order valence-corrected chi connectivity index (χ1v) is 5.46. The molecule has 0 fully saturated rings. The van der Waals surface area contributed by atoms with Gasteiger partial charge in [0.15, 0.2) is 0 Å². The maximum absolute atomic E-state index is 10.9. The summed E-state index contributed by atoms with van der Waals surface area (Å²) in [7, 11) is 1.35. The van der Waals surface area contributed by atoms with Crippen LogP contribution >= 0.6 is 0 Å². The van der Waals surface area contributed by atoms with Crippen LogP contribution in [0.2, 0.25) is 0 Å². The summed E-state index contributed by atoms with van der Waals surface area (Å²) in [6.07, 6.45) is 3.03. The Labute approximate surface area is 95.6 Å². The minimum absolute atomic E-state index is 0.286. The van der Waals surface area contributed by atoms with E-state index in [0.29, 0.717) is 0 Å². The molecule has 0 spiro atoms. The summed E-state index contributed by atoms with van der Waals surface area (Å²) < 4.78 is 4.50. The molecule has 0 aliphatic heterocycles. The molecular formula is C14H14O2. The van der Waals surface area contributed by atoms with E-state index in [0.717, 1.165) is 19.3 Å². The molecule has 0 aromatic heterocycles. The molecule has 1 unspecified atom stereocenters. The van der Waals surface area contributed by atoms with Gasteiger partial charge in [-0.1, -0.05) is 30.2 Å². The minimum Gasteiger partial charge on any atom is -0.459 e. The normalized spacial score (nSPS) is 17.9. The standard InChI is InChI=1S/C14H14O2/c1-16-14(15)9-7-11-6-8-12-4-2-3-5-13(12)10-11/h2-5,11H,6,8,10H2,1H3. The van der Waals surface area contributed by atoms with Gasteiger partial charge in [0.2, 0.25) is 0 Å². The summed E-state index contributed by atoms with van der Waals surface area (Å²) in [5.74, 6) is 5.35. The number of benzene rings is 1. The Morgan fingerprint density at radius 1 is 1.38 bits per heavy atom. The first-order chi connectivity index (χ1) is 7.79. The highest BCUT2D eigenvalue weighted by atomic mass is 16.5. The number of rotatable bonds is 0. The van der Waals surface area contributed by atoms with E-state index in [2.05, 4.69) is 40.8 Å². The first kappa shape index (κ1) is 10.8. The van der Waals surface area contributed by atoms with Crippen molar-refractivity contribution >= 4 is 5.97 Å². The Kier molecular flexibility index (Phi) is 3.26. The quantitative estimate of drug-likeness (QED) is 0.375. The molecule has 16 heavy (non-hydrogen) atoms. The van der Waals surface area contributed by atoms with E-state index >= 15 is 0 Å². The molecule has 0 bridgehead atoms. The third-order valence-electron chi connectivity index (χ3n) is 2.91. The molecule has 2 heteroatoms. The van der Waals surface area contributed by atoms with Crippen LogP contribution in [-0.2, 0) is 22.4 Å². The van der Waals surface area contributed by atoms with Crippen molar-refractivity contribution in [1.29, 1.82) is 0 Å². The van der Waals surface area contributed by atoms with Crippen LogP contribution in [0, 0.1) is 17.8 Å². The van der Waals surface area contributed by atoms with E-state index in [1.165, 1.54) is 18.2 Å². The summed E-state index contributed by atoms with van der Waals surface area (Å²) in [6.45, 7) is 0. The molecule has 0 saturated carbocycles. The number of carbonyl (C=O) groups excluding carboxylic acids is 1. The van der Waals surface area contributed by atoms with Gasteiger partial charge in [-0.05, 0) is 30.4 Å². The van der Waals surface area contributed by atoms with Crippen molar-refractivity contribution in [3.05, 3.63) is 35.4 Å². The van der Waals surface area contributed by atoms with Crippen LogP contribution in [-0.4, -0.2) is 13.1 Å². The Morgan fingerprint density at radius 2 is 2.12 bits per heavy atom. The van der Waals surface area contributed by atoms with Crippen LogP contribution < -0.4 is 0 Å². The molecule has 0 saturated heterocycles. The van der Waals surface area contributed by atoms with Gasteiger partial charge in [0.25, 0.3) is 0 Å². The summed E-state index contributed by atoms with van der Waals surface area (Å²) in [5, 5.41) is 0. The van der Waals surface area contributed by atoms with Gasteiger partial charge in [-0.25, -0.2) is 4.79 Å². The Balaban J connectivity index is 2.07. The number of hydrogen-bond donors (Lipinski definition) is 0. The van der Waals surface area contributed by atoms with Crippen molar-refractivity contribution in [2.24, 2.45) is 5.92 Å². The second-order valence-corrected chi connectivity index (χ2v) is 3.97. The summed E-state index contributed by atoms with van der Waals surface area (Å²) in [6, 6.07) is 8.43. The van der Waals surface area contributed by atoms with Gasteiger partial charge in [-0.15, -0.1) is 0 Å². The van der Waals surface area contributed by atoms with Crippen LogP contribution in [0.3, 0.4) is 0 Å². The highest BCUT2D eigenvalue weighted by Crippen LogP contribution is 2.24. The van der Waals surface area contributed by atoms with E-state index in [4.69, 9.17) is 0 Å². The van der Waals surface area contributed by atoms with Crippen LogP contribution in [0.1, 0.15) is 17.5 Å². The topological polar surface area (TPSA) is 26.3 Å². The molecule has 1 aliphatic rings. The molecule has 2 nitrogen and oxygen atoms in total. The van der Waals surface area contributed by atoms with Gasteiger partial charge in [-0.2, -0.15) is 0 Å². The zero-order valence-electron chi connectivity index (χ0n) is 9.32. The van der Waals surface area contributed by atoms with Crippen LogP contribution in [0.25, 0.3) is 0 Å². The number of ether oxygens (including phenoxy) is 1. The van der Waals surface area contributed by atoms with Crippen LogP contribution in [0.4, 0.5) is 0 Å². The molecule has 1 aromatic carbocycles. The third-order valence-corrected chi connectivity index (χ3v) is 2.91. The average molecular weight is 214 g/mol. The van der Waals surface area contributed by atoms with Crippen molar-refractivity contribution in [2.75, 3.05) is 7.11 Å². The number of carbonyl (C=O) groups is 1. The molecular weight excluding hydrogens is 200 g/mol. The molecule has 0 amide bonds. The zero-order valence-corrected chi connectivity index (χ0v) is 9.32. The highest BCUT2D eigenvalue weighted by molar-refractivity contribution is 5.88. The molecule has 0 N–H and O–H groups in total. The van der Waals surface area contributed by atoms with E-state index in [1.807, 2.05) is 0 Å². The van der Waals surface area contributed by atoms with Crippen molar-refractivity contribution in [3.8, 4) is 11.8 Å². The second kappa shape index (κ2) is 4.85. The summed E-state index contributed by atoms with van der Waals surface area (Å²) in [4.78, 5) is 10.9. The molecule has 1 aromatic rings. The lowest BCUT2D eigenvalue weighted by Gasteiger charge is -2.20. The molecule has 1 aliphatic carbocycles. The van der Waals surface area contributed by atoms with Gasteiger partial charge in [-0.3, -0.25) is 0 Å². The Bertz CT molecular complexity index is 451. The lowest BCUT2D eigenvalue weighted by Crippen LogP contribution is -2.12. The maximum atomic E-state index is 10.9. The summed E-state index contributed by atoms with van der Waals surface area (Å²) in [5.41, 5.74) is 2.77. The summed E-state index contributed by atoms with van der Waals surface area (Å²) >= 11 is 0. The SMILES string of the molecule is COC(=O)C#CC1CCc2ccccc2C1. The van der Waals surface area contributed by atoms with Crippen LogP contribution in [0.15, 0.2) is 24.3 Å². The molecule has 1 atom stereocenters. The van der Waals surface area contributed by atoms with E-state index in [1.54, 1.807) is 0 Å². The van der Waals surface area contributed by atoms with Gasteiger partial charge in [0, 0.05) is 11.8 Å². The van der Waals surface area contributed by atoms with Crippen molar-refractivity contribution in [2.45, 2.75) is 19.3 Å².